The summed E-state index contributed by atoms with van der Waals surface area (Å²) in [6, 6.07) is 93.7. The lowest BCUT2D eigenvalue weighted by atomic mass is 9.65. The van der Waals surface area contributed by atoms with E-state index in [1.165, 1.54) is 87.7 Å². The van der Waals surface area contributed by atoms with E-state index in [0.717, 1.165) is 50.8 Å². The quantitative estimate of drug-likeness (QED) is 0.170. The summed E-state index contributed by atoms with van der Waals surface area (Å²) in [6.07, 6.45) is 0. The summed E-state index contributed by atoms with van der Waals surface area (Å²) in [5, 5.41) is 0. The fraction of sp³-hybridized carbons (Fsp3) is 0.132. The average Bonchev–Trinajstić information content (AvgIpc) is 4.18. The van der Waals surface area contributed by atoms with Gasteiger partial charge in [-0.05, 0) is 149 Å². The van der Waals surface area contributed by atoms with Crippen LogP contribution < -0.4 is 9.64 Å². The molecule has 4 aliphatic rings. The fourth-order valence-corrected chi connectivity index (χ4v) is 15.0. The standard InChI is InChI=1S/C76H59NOS/c1-73(2,3)51-36-42-71-66(44-51)76(67-45-52(74(4,5)6)37-43-72(67)79-71)62-28-16-12-25-58(62)59-40-38-53(46-64(59)76)77(68-30-18-13-22-55(68)50-34-32-49(33-35-50)48-20-8-7-9-21-48)54-39-41-70-65(47-54)75(63-29-17-19-31-69(63)78-70)60-26-14-10-23-56(60)57-24-11-15-27-61(57)75/h7-47H,1-6H3. The van der Waals surface area contributed by atoms with Crippen LogP contribution in [0.1, 0.15) is 97.2 Å². The van der Waals surface area contributed by atoms with Gasteiger partial charge in [0.2, 0.25) is 0 Å². The van der Waals surface area contributed by atoms with Gasteiger partial charge in [-0.2, -0.15) is 0 Å². The van der Waals surface area contributed by atoms with Crippen LogP contribution >= 0.6 is 11.8 Å². The molecule has 2 aliphatic heterocycles. The molecule has 0 saturated carbocycles. The van der Waals surface area contributed by atoms with Gasteiger partial charge < -0.3 is 9.64 Å². The molecule has 3 heteroatoms. The van der Waals surface area contributed by atoms with Gasteiger partial charge in [-0.25, -0.2) is 0 Å². The van der Waals surface area contributed by atoms with Crippen LogP contribution in [-0.2, 0) is 21.7 Å². The van der Waals surface area contributed by atoms with Crippen molar-refractivity contribution >= 4 is 28.8 Å². The Morgan fingerprint density at radius 1 is 0.316 bits per heavy atom. The highest BCUT2D eigenvalue weighted by Crippen LogP contribution is 2.65. The number of anilines is 3. The second-order valence-corrected chi connectivity index (χ2v) is 25.0. The number of para-hydroxylation sites is 2. The predicted octanol–water partition coefficient (Wildman–Crippen LogP) is 20.4. The highest BCUT2D eigenvalue weighted by Gasteiger charge is 2.53. The molecule has 11 aromatic rings. The second-order valence-electron chi connectivity index (χ2n) is 24.0. The maximum atomic E-state index is 7.07. The van der Waals surface area contributed by atoms with E-state index in [1.807, 2.05) is 11.8 Å². The summed E-state index contributed by atoms with van der Waals surface area (Å²) in [4.78, 5) is 5.14. The first kappa shape index (κ1) is 47.6. The Morgan fingerprint density at radius 3 is 1.33 bits per heavy atom. The molecule has 2 aliphatic carbocycles. The number of hydrogen-bond acceptors (Lipinski definition) is 3. The van der Waals surface area contributed by atoms with Crippen LogP contribution in [0.2, 0.25) is 0 Å². The van der Waals surface area contributed by atoms with Crippen LogP contribution in [-0.4, -0.2) is 0 Å². The first-order valence-corrected chi connectivity index (χ1v) is 28.6. The van der Waals surface area contributed by atoms with Gasteiger partial charge in [-0.15, -0.1) is 0 Å². The molecule has 0 atom stereocenters. The normalized spacial score (nSPS) is 14.5. The Bertz CT molecular complexity index is 4180. The molecule has 380 valence electrons. The lowest BCUT2D eigenvalue weighted by Crippen LogP contribution is -2.33. The van der Waals surface area contributed by atoms with E-state index in [1.54, 1.807) is 0 Å². The minimum Gasteiger partial charge on any atom is -0.457 e. The molecule has 0 unspecified atom stereocenters. The van der Waals surface area contributed by atoms with Gasteiger partial charge in [0, 0.05) is 37.9 Å². The maximum Gasteiger partial charge on any atom is 0.132 e. The predicted molar refractivity (Wildman–Crippen MR) is 328 cm³/mol. The van der Waals surface area contributed by atoms with E-state index in [2.05, 4.69) is 295 Å². The van der Waals surface area contributed by atoms with E-state index in [-0.39, 0.29) is 10.8 Å². The van der Waals surface area contributed by atoms with Crippen LogP contribution in [0.15, 0.2) is 259 Å². The molecule has 0 radical (unpaired) electrons. The van der Waals surface area contributed by atoms with Crippen molar-refractivity contribution < 1.29 is 4.74 Å². The molecule has 15 rings (SSSR count). The van der Waals surface area contributed by atoms with Crippen molar-refractivity contribution in [1.82, 2.24) is 0 Å². The van der Waals surface area contributed by atoms with Gasteiger partial charge in [0.05, 0.1) is 16.5 Å². The molecule has 0 aromatic heterocycles. The van der Waals surface area contributed by atoms with Crippen molar-refractivity contribution in [2.75, 3.05) is 4.90 Å². The fourth-order valence-electron chi connectivity index (χ4n) is 13.8. The Balaban J connectivity index is 1.02. The number of fused-ring (bicyclic) bond motifs is 18. The summed E-state index contributed by atoms with van der Waals surface area (Å²) < 4.78 is 7.07. The monoisotopic (exact) mass is 1030 g/mol. The Labute approximate surface area is 469 Å². The summed E-state index contributed by atoms with van der Waals surface area (Å²) in [6.45, 7) is 14.1. The van der Waals surface area contributed by atoms with Crippen molar-refractivity contribution in [2.24, 2.45) is 0 Å². The van der Waals surface area contributed by atoms with Crippen molar-refractivity contribution in [2.45, 2.75) is 73.0 Å². The van der Waals surface area contributed by atoms with Crippen molar-refractivity contribution in [1.29, 1.82) is 0 Å². The minimum atomic E-state index is -0.641. The van der Waals surface area contributed by atoms with Crippen LogP contribution in [0.4, 0.5) is 17.1 Å². The summed E-state index contributed by atoms with van der Waals surface area (Å²) in [7, 11) is 0. The van der Waals surface area contributed by atoms with Crippen LogP contribution in [0, 0.1) is 0 Å². The average molecular weight is 1030 g/mol. The number of nitrogens with zero attached hydrogens (tertiary/aromatic N) is 1. The Hall–Kier alpha value is -8.63. The van der Waals surface area contributed by atoms with Gasteiger partial charge in [0.1, 0.15) is 11.5 Å². The van der Waals surface area contributed by atoms with Gasteiger partial charge in [0.15, 0.2) is 0 Å². The number of rotatable bonds is 5. The molecule has 2 spiro atoms. The smallest absolute Gasteiger partial charge is 0.132 e. The van der Waals surface area contributed by atoms with Gasteiger partial charge in [-0.1, -0.05) is 247 Å². The summed E-state index contributed by atoms with van der Waals surface area (Å²) >= 11 is 1.92. The minimum absolute atomic E-state index is 0.0641. The zero-order valence-corrected chi connectivity index (χ0v) is 46.3. The van der Waals surface area contributed by atoms with Crippen LogP contribution in [0.25, 0.3) is 44.5 Å². The Kier molecular flexibility index (Phi) is 10.5. The van der Waals surface area contributed by atoms with Gasteiger partial charge in [-0.3, -0.25) is 0 Å². The Morgan fingerprint density at radius 2 is 0.747 bits per heavy atom. The topological polar surface area (TPSA) is 12.5 Å². The SMILES string of the molecule is CC(C)(C)c1ccc2c(c1)C1(c3cc(C(C)(C)C)ccc3S2)c2ccccc2-c2ccc(N(c3ccc4c(c3)C3(c5ccccc5O4)c4ccccc4-c4ccccc43)c3ccccc3-c3ccc(-c4ccccc4)cc3)cc21. The first-order chi connectivity index (χ1) is 38.4. The van der Waals surface area contributed by atoms with Crippen molar-refractivity contribution in [3.63, 3.8) is 0 Å². The maximum absolute atomic E-state index is 7.07. The number of ether oxygens (including phenoxy) is 1. The highest BCUT2D eigenvalue weighted by molar-refractivity contribution is 7.99. The molecular weight excluding hydrogens is 975 g/mol. The number of hydrogen-bond donors (Lipinski definition) is 0. The van der Waals surface area contributed by atoms with Crippen molar-refractivity contribution in [3.8, 4) is 56.0 Å². The van der Waals surface area contributed by atoms with E-state index in [0.29, 0.717) is 0 Å². The third kappa shape index (κ3) is 6.98. The third-order valence-electron chi connectivity index (χ3n) is 17.5. The highest BCUT2D eigenvalue weighted by atomic mass is 32.2. The lowest BCUT2D eigenvalue weighted by Gasteiger charge is -2.42. The third-order valence-corrected chi connectivity index (χ3v) is 18.7. The van der Waals surface area contributed by atoms with Crippen molar-refractivity contribution in [3.05, 3.63) is 304 Å². The molecule has 0 N–H and O–H groups in total. The van der Waals surface area contributed by atoms with E-state index in [4.69, 9.17) is 4.74 Å². The molecule has 0 fully saturated rings. The molecule has 0 amide bonds. The number of benzene rings is 11. The van der Waals surface area contributed by atoms with Gasteiger partial charge in [0.25, 0.3) is 0 Å². The van der Waals surface area contributed by atoms with Gasteiger partial charge >= 0.3 is 0 Å². The zero-order valence-electron chi connectivity index (χ0n) is 45.4. The largest absolute Gasteiger partial charge is 0.457 e. The molecule has 0 saturated heterocycles. The summed E-state index contributed by atoms with van der Waals surface area (Å²) in [5.74, 6) is 1.74. The van der Waals surface area contributed by atoms with E-state index in [9.17, 15) is 0 Å². The van der Waals surface area contributed by atoms with Crippen LogP contribution in [0.5, 0.6) is 11.5 Å². The van der Waals surface area contributed by atoms with E-state index < -0.39 is 10.8 Å². The molecule has 79 heavy (non-hydrogen) atoms. The van der Waals surface area contributed by atoms with E-state index >= 15 is 0 Å². The zero-order chi connectivity index (χ0) is 53.4. The molecule has 0 bridgehead atoms. The molecular formula is C76H59NOS. The molecule has 11 aromatic carbocycles. The lowest BCUT2D eigenvalue weighted by molar-refractivity contribution is 0.436. The second kappa shape index (κ2) is 17.4. The van der Waals surface area contributed by atoms with Crippen LogP contribution in [0.3, 0.4) is 0 Å². The molecule has 2 heterocycles. The molecule has 2 nitrogen and oxygen atoms in total. The first-order valence-electron chi connectivity index (χ1n) is 27.8. The summed E-state index contributed by atoms with van der Waals surface area (Å²) in [5.41, 5.74) is 24.4.